The molecule has 0 radical (unpaired) electrons. The zero-order valence-corrected chi connectivity index (χ0v) is 18.3. The lowest BCUT2D eigenvalue weighted by molar-refractivity contribution is -0.123. The molecule has 0 atom stereocenters. The summed E-state index contributed by atoms with van der Waals surface area (Å²) in [6, 6.07) is 15.0. The number of hydrogen-bond donors (Lipinski definition) is 2. The van der Waals surface area contributed by atoms with Crippen LogP contribution in [0.4, 0.5) is 5.69 Å². The van der Waals surface area contributed by atoms with Crippen LogP contribution in [0, 0.1) is 0 Å². The van der Waals surface area contributed by atoms with E-state index in [1.165, 1.54) is 23.1 Å². The number of benzene rings is 2. The van der Waals surface area contributed by atoms with Crippen LogP contribution in [0.3, 0.4) is 0 Å². The van der Waals surface area contributed by atoms with Crippen molar-refractivity contribution in [3.63, 3.8) is 0 Å². The molecule has 4 rings (SSSR count). The van der Waals surface area contributed by atoms with Gasteiger partial charge in [0.1, 0.15) is 0 Å². The summed E-state index contributed by atoms with van der Waals surface area (Å²) in [5.41, 5.74) is 2.42. The first-order chi connectivity index (χ1) is 15.4. The molecule has 0 saturated carbocycles. The lowest BCUT2D eigenvalue weighted by Gasteiger charge is -2.26. The summed E-state index contributed by atoms with van der Waals surface area (Å²) in [7, 11) is 0. The molecule has 2 heterocycles. The molecule has 1 aliphatic heterocycles. The number of nitrogens with one attached hydrogen (secondary N) is 2. The quantitative estimate of drug-likeness (QED) is 0.607. The van der Waals surface area contributed by atoms with Gasteiger partial charge in [-0.15, -0.1) is 0 Å². The number of anilines is 1. The van der Waals surface area contributed by atoms with E-state index >= 15 is 0 Å². The van der Waals surface area contributed by atoms with Crippen molar-refractivity contribution in [1.29, 1.82) is 0 Å². The van der Waals surface area contributed by atoms with Crippen LogP contribution >= 0.6 is 23.2 Å². The second-order valence-electron chi connectivity index (χ2n) is 7.14. The van der Waals surface area contributed by atoms with Crippen molar-refractivity contribution in [3.05, 3.63) is 82.0 Å². The zero-order chi connectivity index (χ0) is 22.7. The van der Waals surface area contributed by atoms with Gasteiger partial charge < -0.3 is 15.5 Å². The van der Waals surface area contributed by atoms with E-state index in [0.717, 1.165) is 0 Å². The maximum absolute atomic E-state index is 12.8. The maximum atomic E-state index is 12.8. The van der Waals surface area contributed by atoms with Gasteiger partial charge in [-0.1, -0.05) is 29.3 Å². The Labute approximate surface area is 194 Å². The van der Waals surface area contributed by atoms with E-state index in [-0.39, 0.29) is 28.9 Å². The molecule has 2 aromatic carbocycles. The molecule has 1 fully saturated rings. The van der Waals surface area contributed by atoms with Gasteiger partial charge in [0.05, 0.1) is 27.8 Å². The Kier molecular flexibility index (Phi) is 6.39. The van der Waals surface area contributed by atoms with Gasteiger partial charge in [-0.3, -0.25) is 19.4 Å². The van der Waals surface area contributed by atoms with E-state index in [0.29, 0.717) is 40.6 Å². The molecule has 1 aromatic heterocycles. The Bertz CT molecular complexity index is 1200. The third-order valence-electron chi connectivity index (χ3n) is 4.95. The smallest absolute Gasteiger partial charge is 0.257 e. The normalized spacial score (nSPS) is 13.4. The van der Waals surface area contributed by atoms with E-state index in [1.54, 1.807) is 30.5 Å². The summed E-state index contributed by atoms with van der Waals surface area (Å²) >= 11 is 12.6. The fraction of sp³-hybridized carbons (Fsp3) is 0.130. The number of carbonyl (C=O) groups is 3. The minimum Gasteiger partial charge on any atom is -0.353 e. The standard InChI is InChI=1S/C23H18Cl2N4O3/c24-18-7-5-15(12-17(18)20-3-1-2-8-26-20)28-22(31)16-6-4-14(11-19(16)25)23(32)29-10-9-27-21(30)13-29/h1-8,11-12H,9-10,13H2,(H,27,30)(H,28,31). The molecule has 7 nitrogen and oxygen atoms in total. The van der Waals surface area contributed by atoms with Gasteiger partial charge in [0, 0.05) is 36.1 Å². The Morgan fingerprint density at radius 3 is 2.59 bits per heavy atom. The average molecular weight is 469 g/mol. The predicted octanol–water partition coefficient (Wildman–Crippen LogP) is 3.88. The molecule has 2 N–H and O–H groups in total. The van der Waals surface area contributed by atoms with Crippen molar-refractivity contribution < 1.29 is 14.4 Å². The topological polar surface area (TPSA) is 91.4 Å². The molecule has 162 valence electrons. The van der Waals surface area contributed by atoms with E-state index in [4.69, 9.17) is 23.2 Å². The molecule has 0 aliphatic carbocycles. The van der Waals surface area contributed by atoms with Crippen molar-refractivity contribution in [2.24, 2.45) is 0 Å². The fourth-order valence-electron chi connectivity index (χ4n) is 3.35. The summed E-state index contributed by atoms with van der Waals surface area (Å²) in [4.78, 5) is 42.7. The molecule has 0 unspecified atom stereocenters. The Morgan fingerprint density at radius 2 is 1.88 bits per heavy atom. The number of pyridine rings is 1. The van der Waals surface area contributed by atoms with E-state index in [1.807, 2.05) is 12.1 Å². The van der Waals surface area contributed by atoms with Gasteiger partial charge in [-0.25, -0.2) is 0 Å². The summed E-state index contributed by atoms with van der Waals surface area (Å²) in [5.74, 6) is -0.952. The van der Waals surface area contributed by atoms with Crippen LogP contribution < -0.4 is 10.6 Å². The van der Waals surface area contributed by atoms with E-state index in [9.17, 15) is 14.4 Å². The first-order valence-corrected chi connectivity index (χ1v) is 10.6. The third kappa shape index (κ3) is 4.74. The van der Waals surface area contributed by atoms with Crippen LogP contribution in [-0.2, 0) is 4.79 Å². The Hall–Kier alpha value is -3.42. The maximum Gasteiger partial charge on any atom is 0.257 e. The minimum absolute atomic E-state index is 0.00609. The number of rotatable bonds is 4. The van der Waals surface area contributed by atoms with Crippen molar-refractivity contribution in [2.75, 3.05) is 25.0 Å². The van der Waals surface area contributed by atoms with Gasteiger partial charge in [-0.2, -0.15) is 0 Å². The number of piperazine rings is 1. The van der Waals surface area contributed by atoms with Gasteiger partial charge in [0.2, 0.25) is 5.91 Å². The van der Waals surface area contributed by atoms with Crippen LogP contribution in [0.2, 0.25) is 10.0 Å². The van der Waals surface area contributed by atoms with Crippen LogP contribution in [0.25, 0.3) is 11.3 Å². The first kappa shape index (κ1) is 21.8. The van der Waals surface area contributed by atoms with Gasteiger partial charge in [0.25, 0.3) is 11.8 Å². The van der Waals surface area contributed by atoms with E-state index < -0.39 is 5.91 Å². The Morgan fingerprint density at radius 1 is 1.03 bits per heavy atom. The van der Waals surface area contributed by atoms with Gasteiger partial charge in [-0.05, 0) is 48.5 Å². The number of carbonyl (C=O) groups excluding carboxylic acids is 3. The molecule has 0 bridgehead atoms. The monoisotopic (exact) mass is 468 g/mol. The molecule has 0 spiro atoms. The molecular formula is C23H18Cl2N4O3. The molecule has 9 heteroatoms. The van der Waals surface area contributed by atoms with Crippen LogP contribution in [0.15, 0.2) is 60.8 Å². The fourth-order valence-corrected chi connectivity index (χ4v) is 3.83. The highest BCUT2D eigenvalue weighted by molar-refractivity contribution is 6.35. The number of aromatic nitrogens is 1. The number of nitrogens with zero attached hydrogens (tertiary/aromatic N) is 2. The second-order valence-corrected chi connectivity index (χ2v) is 7.95. The summed E-state index contributed by atoms with van der Waals surface area (Å²) in [5, 5.41) is 6.11. The average Bonchev–Trinajstić information content (AvgIpc) is 2.80. The van der Waals surface area contributed by atoms with Crippen molar-refractivity contribution >= 4 is 46.6 Å². The minimum atomic E-state index is -0.430. The zero-order valence-electron chi connectivity index (χ0n) is 16.8. The summed E-state index contributed by atoms with van der Waals surface area (Å²) in [6.45, 7) is 0.813. The van der Waals surface area contributed by atoms with E-state index in [2.05, 4.69) is 15.6 Å². The van der Waals surface area contributed by atoms with Crippen molar-refractivity contribution in [2.45, 2.75) is 0 Å². The molecule has 1 saturated heterocycles. The summed E-state index contributed by atoms with van der Waals surface area (Å²) < 4.78 is 0. The molecule has 1 aliphatic rings. The lowest BCUT2D eigenvalue weighted by atomic mass is 10.1. The Balaban J connectivity index is 1.52. The molecular weight excluding hydrogens is 451 g/mol. The summed E-state index contributed by atoms with van der Waals surface area (Å²) in [6.07, 6.45) is 1.66. The number of hydrogen-bond acceptors (Lipinski definition) is 4. The van der Waals surface area contributed by atoms with Gasteiger partial charge in [0.15, 0.2) is 0 Å². The third-order valence-corrected chi connectivity index (χ3v) is 5.59. The van der Waals surface area contributed by atoms with Crippen LogP contribution in [0.1, 0.15) is 20.7 Å². The second kappa shape index (κ2) is 9.38. The number of amides is 3. The molecule has 3 amide bonds. The number of halogens is 2. The van der Waals surface area contributed by atoms with Crippen LogP contribution in [0.5, 0.6) is 0 Å². The largest absolute Gasteiger partial charge is 0.353 e. The highest BCUT2D eigenvalue weighted by Gasteiger charge is 2.23. The molecule has 32 heavy (non-hydrogen) atoms. The lowest BCUT2D eigenvalue weighted by Crippen LogP contribution is -2.49. The van der Waals surface area contributed by atoms with Crippen molar-refractivity contribution in [1.82, 2.24) is 15.2 Å². The molecule has 3 aromatic rings. The highest BCUT2D eigenvalue weighted by atomic mass is 35.5. The van der Waals surface area contributed by atoms with Crippen LogP contribution in [-0.4, -0.2) is 47.2 Å². The predicted molar refractivity (Wildman–Crippen MR) is 123 cm³/mol. The first-order valence-electron chi connectivity index (χ1n) is 9.80. The SMILES string of the molecule is O=C1CN(C(=O)c2ccc(C(=O)Nc3ccc(Cl)c(-c4ccccn4)c3)c(Cl)c2)CCN1. The van der Waals surface area contributed by atoms with Crippen molar-refractivity contribution in [3.8, 4) is 11.3 Å². The highest BCUT2D eigenvalue weighted by Crippen LogP contribution is 2.30. The van der Waals surface area contributed by atoms with Gasteiger partial charge >= 0.3 is 0 Å².